The summed E-state index contributed by atoms with van der Waals surface area (Å²) in [6, 6.07) is 13.6. The average Bonchev–Trinajstić information content (AvgIpc) is 3.61. The molecule has 0 heterocycles. The Hall–Kier alpha value is -2.35. The maximum atomic E-state index is 13.4. The predicted molar refractivity (Wildman–Crippen MR) is 125 cm³/mol. The van der Waals surface area contributed by atoms with E-state index in [0.717, 1.165) is 0 Å². The zero-order chi connectivity index (χ0) is 22.6. The Morgan fingerprint density at radius 2 is 1.97 bits per heavy atom. The van der Waals surface area contributed by atoms with Crippen molar-refractivity contribution in [3.63, 3.8) is 0 Å². The molecule has 0 spiro atoms. The minimum Gasteiger partial charge on any atom is -0.350 e. The smallest absolute Gasteiger partial charge is 0.264 e. The highest BCUT2D eigenvalue weighted by molar-refractivity contribution is 7.92. The van der Waals surface area contributed by atoms with Crippen molar-refractivity contribution < 1.29 is 13.2 Å². The number of halogens is 1. The van der Waals surface area contributed by atoms with E-state index >= 15 is 0 Å². The number of rotatable bonds is 10. The first-order valence-electron chi connectivity index (χ1n) is 10.2. The van der Waals surface area contributed by atoms with Crippen LogP contribution in [0.3, 0.4) is 0 Å². The molecule has 2 aromatic carbocycles. The second-order valence-electron chi connectivity index (χ2n) is 7.76. The Balaban J connectivity index is 1.80. The summed E-state index contributed by atoms with van der Waals surface area (Å²) >= 11 is 6.24. The Bertz CT molecular complexity index is 1050. The van der Waals surface area contributed by atoms with Crippen molar-refractivity contribution in [2.75, 3.05) is 24.4 Å². The minimum atomic E-state index is -3.95. The summed E-state index contributed by atoms with van der Waals surface area (Å²) in [6.07, 6.45) is 3.89. The average molecular weight is 462 g/mol. The number of carbonyl (C=O) groups is 1. The van der Waals surface area contributed by atoms with E-state index in [1.54, 1.807) is 36.4 Å². The molecule has 2 aromatic rings. The highest BCUT2D eigenvalue weighted by Crippen LogP contribution is 2.30. The van der Waals surface area contributed by atoms with Crippen molar-refractivity contribution in [1.29, 1.82) is 0 Å². The van der Waals surface area contributed by atoms with Crippen molar-refractivity contribution in [2.24, 2.45) is 0 Å². The monoisotopic (exact) mass is 461 g/mol. The van der Waals surface area contributed by atoms with E-state index < -0.39 is 10.0 Å². The number of para-hydroxylation sites is 1. The molecule has 0 aromatic heterocycles. The van der Waals surface area contributed by atoms with Gasteiger partial charge in [0.2, 0.25) is 0 Å². The molecule has 31 heavy (non-hydrogen) atoms. The van der Waals surface area contributed by atoms with Crippen LogP contribution in [-0.4, -0.2) is 51.4 Å². The summed E-state index contributed by atoms with van der Waals surface area (Å²) in [6.45, 7) is 6.27. The Morgan fingerprint density at radius 3 is 2.61 bits per heavy atom. The van der Waals surface area contributed by atoms with Gasteiger partial charge in [-0.3, -0.25) is 14.0 Å². The molecule has 1 saturated carbocycles. The number of nitrogens with zero attached hydrogens (tertiary/aromatic N) is 2. The summed E-state index contributed by atoms with van der Waals surface area (Å²) in [5.41, 5.74) is 0.649. The largest absolute Gasteiger partial charge is 0.350 e. The van der Waals surface area contributed by atoms with Crippen LogP contribution in [0, 0.1) is 0 Å². The summed E-state index contributed by atoms with van der Waals surface area (Å²) in [5.74, 6) is -0.305. The van der Waals surface area contributed by atoms with Crippen LogP contribution < -0.4 is 9.62 Å². The Labute approximate surface area is 189 Å². The highest BCUT2D eigenvalue weighted by Gasteiger charge is 2.29. The van der Waals surface area contributed by atoms with Crippen LogP contribution in [0.5, 0.6) is 0 Å². The maximum Gasteiger partial charge on any atom is 0.264 e. The second-order valence-corrected chi connectivity index (χ2v) is 10.0. The third kappa shape index (κ3) is 5.47. The molecule has 0 saturated heterocycles. The lowest BCUT2D eigenvalue weighted by atomic mass is 10.2. The molecule has 1 N–H and O–H groups in total. The summed E-state index contributed by atoms with van der Waals surface area (Å²) in [5, 5.41) is 3.23. The minimum absolute atomic E-state index is 0.0186. The van der Waals surface area contributed by atoms with E-state index in [1.807, 2.05) is 0 Å². The predicted octanol–water partition coefficient (Wildman–Crippen LogP) is 3.93. The van der Waals surface area contributed by atoms with Crippen LogP contribution >= 0.6 is 11.6 Å². The van der Waals surface area contributed by atoms with E-state index in [9.17, 15) is 13.2 Å². The van der Waals surface area contributed by atoms with Crippen LogP contribution in [0.15, 0.2) is 66.1 Å². The van der Waals surface area contributed by atoms with Gasteiger partial charge in [0.15, 0.2) is 0 Å². The van der Waals surface area contributed by atoms with Gasteiger partial charge in [-0.2, -0.15) is 0 Å². The molecule has 3 rings (SSSR count). The van der Waals surface area contributed by atoms with E-state index in [1.165, 1.54) is 35.4 Å². The zero-order valence-electron chi connectivity index (χ0n) is 17.8. The van der Waals surface area contributed by atoms with Gasteiger partial charge in [-0.25, -0.2) is 8.42 Å². The van der Waals surface area contributed by atoms with Gasteiger partial charge >= 0.3 is 0 Å². The third-order valence-electron chi connectivity index (χ3n) is 5.48. The van der Waals surface area contributed by atoms with Crippen molar-refractivity contribution >= 4 is 33.2 Å². The number of carbonyl (C=O) groups excluding carboxylic acids is 1. The van der Waals surface area contributed by atoms with Crippen molar-refractivity contribution in [2.45, 2.75) is 36.7 Å². The lowest BCUT2D eigenvalue weighted by Gasteiger charge is -2.25. The molecular weight excluding hydrogens is 434 g/mol. The van der Waals surface area contributed by atoms with Gasteiger partial charge in [-0.1, -0.05) is 35.9 Å². The van der Waals surface area contributed by atoms with E-state index in [4.69, 9.17) is 11.6 Å². The highest BCUT2D eigenvalue weighted by atomic mass is 35.5. The molecule has 0 bridgehead atoms. The topological polar surface area (TPSA) is 69.7 Å². The fourth-order valence-corrected chi connectivity index (χ4v) is 5.14. The van der Waals surface area contributed by atoms with Gasteiger partial charge in [0.05, 0.1) is 22.2 Å². The molecule has 0 aliphatic heterocycles. The van der Waals surface area contributed by atoms with Gasteiger partial charge in [0, 0.05) is 24.2 Å². The normalized spacial score (nSPS) is 14.8. The molecule has 1 aliphatic rings. The maximum absolute atomic E-state index is 13.4. The lowest BCUT2D eigenvalue weighted by Crippen LogP contribution is -2.41. The van der Waals surface area contributed by atoms with Gasteiger partial charge in [0.1, 0.15) is 0 Å². The molecule has 0 radical (unpaired) electrons. The van der Waals surface area contributed by atoms with Crippen LogP contribution in [0.25, 0.3) is 0 Å². The van der Waals surface area contributed by atoms with E-state index in [0.29, 0.717) is 28.9 Å². The standard InChI is InChI=1S/C23H28ClN3O3S/c1-4-14-27(22-11-6-5-10-21(22)24)31(29,30)20-9-7-8-18(15-20)23(28)25-16-17(2)26(3)19-12-13-19/h4-11,15,17,19H,1,12-14,16H2,2-3H3,(H,25,28). The molecule has 1 fully saturated rings. The van der Waals surface area contributed by atoms with Gasteiger partial charge in [-0.05, 0) is 57.1 Å². The summed E-state index contributed by atoms with van der Waals surface area (Å²) < 4.78 is 27.9. The first kappa shape index (κ1) is 23.3. The van der Waals surface area contributed by atoms with Gasteiger partial charge in [0.25, 0.3) is 15.9 Å². The molecule has 1 aliphatic carbocycles. The van der Waals surface area contributed by atoms with E-state index in [2.05, 4.69) is 30.8 Å². The van der Waals surface area contributed by atoms with Crippen molar-refractivity contribution in [1.82, 2.24) is 10.2 Å². The van der Waals surface area contributed by atoms with Gasteiger partial charge < -0.3 is 5.32 Å². The molecule has 8 heteroatoms. The molecule has 1 unspecified atom stereocenters. The SMILES string of the molecule is C=CCN(c1ccccc1Cl)S(=O)(=O)c1cccc(C(=O)NCC(C)N(C)C2CC2)c1. The number of anilines is 1. The number of hydrogen-bond donors (Lipinski definition) is 1. The molecule has 1 amide bonds. The van der Waals surface area contributed by atoms with Gasteiger partial charge in [-0.15, -0.1) is 6.58 Å². The fraction of sp³-hybridized carbons (Fsp3) is 0.348. The number of benzene rings is 2. The van der Waals surface area contributed by atoms with Crippen LogP contribution in [0.2, 0.25) is 5.02 Å². The molecule has 1 atom stereocenters. The second kappa shape index (κ2) is 9.85. The molecular formula is C23H28ClN3O3S. The van der Waals surface area contributed by atoms with Crippen LogP contribution in [-0.2, 0) is 10.0 Å². The number of nitrogens with one attached hydrogen (secondary N) is 1. The van der Waals surface area contributed by atoms with E-state index in [-0.39, 0.29) is 23.4 Å². The first-order valence-corrected chi connectivity index (χ1v) is 12.1. The van der Waals surface area contributed by atoms with Crippen LogP contribution in [0.1, 0.15) is 30.1 Å². The number of likely N-dealkylation sites (N-methyl/N-ethyl adjacent to an activating group) is 1. The number of sulfonamides is 1. The summed E-state index contributed by atoms with van der Waals surface area (Å²) in [4.78, 5) is 15.0. The first-order chi connectivity index (χ1) is 14.8. The quantitative estimate of drug-likeness (QED) is 0.544. The molecule has 166 valence electrons. The molecule has 6 nitrogen and oxygen atoms in total. The number of amides is 1. The number of hydrogen-bond acceptors (Lipinski definition) is 4. The Morgan fingerprint density at radius 1 is 1.26 bits per heavy atom. The zero-order valence-corrected chi connectivity index (χ0v) is 19.4. The van der Waals surface area contributed by atoms with Crippen LogP contribution in [0.4, 0.5) is 5.69 Å². The van der Waals surface area contributed by atoms with Crippen molar-refractivity contribution in [3.05, 3.63) is 71.8 Å². The fourth-order valence-electron chi connectivity index (χ4n) is 3.35. The van der Waals surface area contributed by atoms with Crippen molar-refractivity contribution in [3.8, 4) is 0 Å². The Kier molecular flexibility index (Phi) is 7.41. The summed E-state index contributed by atoms with van der Waals surface area (Å²) in [7, 11) is -1.89. The third-order valence-corrected chi connectivity index (χ3v) is 7.57. The lowest BCUT2D eigenvalue weighted by molar-refractivity contribution is 0.0939.